The van der Waals surface area contributed by atoms with Crippen LogP contribution in [0.3, 0.4) is 0 Å². The molecule has 0 radical (unpaired) electrons. The third kappa shape index (κ3) is 6.13. The van der Waals surface area contributed by atoms with Gasteiger partial charge in [-0.2, -0.15) is 0 Å². The quantitative estimate of drug-likeness (QED) is 0.654. The van der Waals surface area contributed by atoms with Crippen LogP contribution >= 0.6 is 0 Å². The van der Waals surface area contributed by atoms with E-state index in [-0.39, 0.29) is 18.5 Å². The normalized spacial score (nSPS) is 12.1. The Morgan fingerprint density at radius 1 is 1.18 bits per heavy atom. The first kappa shape index (κ1) is 21.5. The molecule has 2 aromatic carbocycles. The summed E-state index contributed by atoms with van der Waals surface area (Å²) in [5.41, 5.74) is 2.08. The lowest BCUT2D eigenvalue weighted by Crippen LogP contribution is -2.36. The third-order valence-electron chi connectivity index (χ3n) is 4.01. The Bertz CT molecular complexity index is 906. The first-order valence-corrected chi connectivity index (χ1v) is 10.7. The molecule has 0 fully saturated rings. The van der Waals surface area contributed by atoms with E-state index in [0.29, 0.717) is 17.9 Å². The molecule has 0 bridgehead atoms. The van der Waals surface area contributed by atoms with Crippen LogP contribution in [0.4, 0.5) is 5.69 Å². The SMILES string of the molecule is C=CCN(c1ccc(C(=O)N[C@@H](C)COc2ccc(C)cc2)cc1)S(C)(=O)=O. The molecule has 0 heterocycles. The topological polar surface area (TPSA) is 75.7 Å². The fraction of sp³-hybridized carbons (Fsp3) is 0.286. The zero-order valence-corrected chi connectivity index (χ0v) is 17.2. The molecule has 0 unspecified atom stereocenters. The van der Waals surface area contributed by atoms with Crippen molar-refractivity contribution in [1.29, 1.82) is 0 Å². The summed E-state index contributed by atoms with van der Waals surface area (Å²) in [5.74, 6) is 0.500. The van der Waals surface area contributed by atoms with E-state index in [1.807, 2.05) is 38.1 Å². The van der Waals surface area contributed by atoms with Crippen molar-refractivity contribution in [2.75, 3.05) is 23.7 Å². The molecule has 7 heteroatoms. The Morgan fingerprint density at radius 3 is 2.32 bits per heavy atom. The second-order valence-corrected chi connectivity index (χ2v) is 8.54. The van der Waals surface area contributed by atoms with Crippen molar-refractivity contribution in [3.05, 3.63) is 72.3 Å². The fourth-order valence-corrected chi connectivity index (χ4v) is 3.41. The Labute approximate surface area is 166 Å². The molecule has 6 nitrogen and oxygen atoms in total. The number of amides is 1. The van der Waals surface area contributed by atoms with Gasteiger partial charge in [-0.15, -0.1) is 6.58 Å². The number of carbonyl (C=O) groups excluding carboxylic acids is 1. The van der Waals surface area contributed by atoms with Gasteiger partial charge in [-0.3, -0.25) is 9.10 Å². The number of rotatable bonds is 9. The van der Waals surface area contributed by atoms with Gasteiger partial charge in [-0.05, 0) is 50.2 Å². The third-order valence-corrected chi connectivity index (χ3v) is 5.17. The number of nitrogens with one attached hydrogen (secondary N) is 1. The maximum Gasteiger partial charge on any atom is 0.251 e. The van der Waals surface area contributed by atoms with Gasteiger partial charge in [0.2, 0.25) is 10.0 Å². The molecular formula is C21H26N2O4S. The molecule has 0 saturated carbocycles. The number of carbonyl (C=O) groups is 1. The number of hydrogen-bond acceptors (Lipinski definition) is 4. The van der Waals surface area contributed by atoms with E-state index in [1.54, 1.807) is 24.3 Å². The van der Waals surface area contributed by atoms with E-state index in [4.69, 9.17) is 4.74 Å². The van der Waals surface area contributed by atoms with Gasteiger partial charge in [0.25, 0.3) is 5.91 Å². The van der Waals surface area contributed by atoms with Crippen LogP contribution < -0.4 is 14.4 Å². The number of ether oxygens (including phenoxy) is 1. The molecule has 150 valence electrons. The average molecular weight is 403 g/mol. The number of hydrogen-bond donors (Lipinski definition) is 1. The van der Waals surface area contributed by atoms with Crippen LogP contribution in [0.1, 0.15) is 22.8 Å². The molecule has 1 amide bonds. The number of aryl methyl sites for hydroxylation is 1. The molecule has 1 N–H and O–H groups in total. The summed E-state index contributed by atoms with van der Waals surface area (Å²) in [6.07, 6.45) is 2.64. The molecule has 0 aromatic heterocycles. The lowest BCUT2D eigenvalue weighted by molar-refractivity contribution is 0.0926. The van der Waals surface area contributed by atoms with Crippen LogP contribution in [0.2, 0.25) is 0 Å². The zero-order valence-electron chi connectivity index (χ0n) is 16.4. The first-order chi connectivity index (χ1) is 13.2. The molecule has 28 heavy (non-hydrogen) atoms. The molecule has 0 saturated heterocycles. The monoisotopic (exact) mass is 402 g/mol. The van der Waals surface area contributed by atoms with Crippen molar-refractivity contribution in [3.63, 3.8) is 0 Å². The minimum Gasteiger partial charge on any atom is -0.491 e. The molecular weight excluding hydrogens is 376 g/mol. The molecule has 0 aliphatic rings. The molecule has 0 aliphatic heterocycles. The standard InChI is InChI=1S/C21H26N2O4S/c1-5-14-23(28(4,25)26)19-10-8-18(9-11-19)21(24)22-17(3)15-27-20-12-6-16(2)7-13-20/h5-13,17H,1,14-15H2,2-4H3,(H,22,24)/t17-/m0/s1. The van der Waals surface area contributed by atoms with Crippen LogP contribution in [-0.4, -0.2) is 39.8 Å². The summed E-state index contributed by atoms with van der Waals surface area (Å²) in [6.45, 7) is 7.95. The van der Waals surface area contributed by atoms with Gasteiger partial charge in [0, 0.05) is 5.56 Å². The molecule has 0 spiro atoms. The van der Waals surface area contributed by atoms with Crippen LogP contribution in [0.25, 0.3) is 0 Å². The van der Waals surface area contributed by atoms with E-state index in [9.17, 15) is 13.2 Å². The number of benzene rings is 2. The highest BCUT2D eigenvalue weighted by Gasteiger charge is 2.17. The largest absolute Gasteiger partial charge is 0.491 e. The summed E-state index contributed by atoms with van der Waals surface area (Å²) in [5, 5.41) is 2.87. The van der Waals surface area contributed by atoms with Gasteiger partial charge < -0.3 is 10.1 Å². The Morgan fingerprint density at radius 2 is 1.79 bits per heavy atom. The van der Waals surface area contributed by atoms with Gasteiger partial charge in [0.1, 0.15) is 12.4 Å². The minimum absolute atomic E-state index is 0.164. The fourth-order valence-electron chi connectivity index (χ4n) is 2.53. The molecule has 2 aromatic rings. The summed E-state index contributed by atoms with van der Waals surface area (Å²) in [7, 11) is -3.42. The smallest absolute Gasteiger partial charge is 0.251 e. The van der Waals surface area contributed by atoms with Crippen molar-refractivity contribution in [2.24, 2.45) is 0 Å². The van der Waals surface area contributed by atoms with Gasteiger partial charge >= 0.3 is 0 Å². The number of nitrogens with zero attached hydrogens (tertiary/aromatic N) is 1. The van der Waals surface area contributed by atoms with Crippen LogP contribution in [0.15, 0.2) is 61.2 Å². The predicted octanol–water partition coefficient (Wildman–Crippen LogP) is 3.14. The van der Waals surface area contributed by atoms with Crippen LogP contribution in [0.5, 0.6) is 5.75 Å². The maximum absolute atomic E-state index is 12.4. The van der Waals surface area contributed by atoms with E-state index >= 15 is 0 Å². The summed E-state index contributed by atoms with van der Waals surface area (Å²) in [4.78, 5) is 12.4. The number of sulfonamides is 1. The average Bonchev–Trinajstić information content (AvgIpc) is 2.65. The lowest BCUT2D eigenvalue weighted by atomic mass is 10.2. The van der Waals surface area contributed by atoms with Gasteiger partial charge in [0.05, 0.1) is 24.5 Å². The van der Waals surface area contributed by atoms with E-state index in [1.165, 1.54) is 10.4 Å². The van der Waals surface area contributed by atoms with Gasteiger partial charge in [-0.1, -0.05) is 23.8 Å². The second-order valence-electron chi connectivity index (χ2n) is 6.63. The molecule has 1 atom stereocenters. The molecule has 0 aliphatic carbocycles. The second kappa shape index (κ2) is 9.41. The molecule has 2 rings (SSSR count). The van der Waals surface area contributed by atoms with E-state index in [2.05, 4.69) is 11.9 Å². The highest BCUT2D eigenvalue weighted by Crippen LogP contribution is 2.18. The summed E-state index contributed by atoms with van der Waals surface area (Å²) < 4.78 is 30.7. The number of anilines is 1. The van der Waals surface area contributed by atoms with E-state index < -0.39 is 10.0 Å². The van der Waals surface area contributed by atoms with Gasteiger partial charge in [-0.25, -0.2) is 8.42 Å². The minimum atomic E-state index is -3.42. The predicted molar refractivity (Wildman–Crippen MR) is 112 cm³/mol. The van der Waals surface area contributed by atoms with Crippen LogP contribution in [-0.2, 0) is 10.0 Å². The van der Waals surface area contributed by atoms with Crippen molar-refractivity contribution < 1.29 is 17.9 Å². The Kier molecular flexibility index (Phi) is 7.23. The van der Waals surface area contributed by atoms with E-state index in [0.717, 1.165) is 17.6 Å². The Balaban J connectivity index is 1.96. The zero-order chi connectivity index (χ0) is 20.7. The lowest BCUT2D eigenvalue weighted by Gasteiger charge is -2.21. The summed E-state index contributed by atoms with van der Waals surface area (Å²) in [6, 6.07) is 13.9. The highest BCUT2D eigenvalue weighted by molar-refractivity contribution is 7.92. The highest BCUT2D eigenvalue weighted by atomic mass is 32.2. The maximum atomic E-state index is 12.4. The van der Waals surface area contributed by atoms with Crippen molar-refractivity contribution in [3.8, 4) is 5.75 Å². The van der Waals surface area contributed by atoms with Crippen molar-refractivity contribution in [1.82, 2.24) is 5.32 Å². The Hall–Kier alpha value is -2.80. The van der Waals surface area contributed by atoms with Gasteiger partial charge in [0.15, 0.2) is 0 Å². The van der Waals surface area contributed by atoms with Crippen molar-refractivity contribution >= 4 is 21.6 Å². The summed E-state index contributed by atoms with van der Waals surface area (Å²) >= 11 is 0. The van der Waals surface area contributed by atoms with Crippen LogP contribution in [0, 0.1) is 6.92 Å². The van der Waals surface area contributed by atoms with Crippen molar-refractivity contribution in [2.45, 2.75) is 19.9 Å². The first-order valence-electron chi connectivity index (χ1n) is 8.89.